The Morgan fingerprint density at radius 1 is 1.07 bits per heavy atom. The Bertz CT molecular complexity index is 1390. The molecule has 2 aromatic rings. The van der Waals surface area contributed by atoms with E-state index < -0.39 is 29.6 Å². The van der Waals surface area contributed by atoms with Gasteiger partial charge in [-0.15, -0.1) is 0 Å². The van der Waals surface area contributed by atoms with Crippen LogP contribution in [0.1, 0.15) is 43.4 Å². The molecular weight excluding hydrogens is 555 g/mol. The van der Waals surface area contributed by atoms with Crippen LogP contribution in [-0.2, 0) is 34.7 Å². The summed E-state index contributed by atoms with van der Waals surface area (Å²) in [4.78, 5) is 28.0. The van der Waals surface area contributed by atoms with Gasteiger partial charge in [-0.3, -0.25) is 4.90 Å². The molecule has 1 atom stereocenters. The van der Waals surface area contributed by atoms with Crippen molar-refractivity contribution in [3.8, 4) is 6.07 Å². The third kappa shape index (κ3) is 7.29. The lowest BCUT2D eigenvalue weighted by atomic mass is 9.80. The molecule has 0 radical (unpaired) electrons. The maximum absolute atomic E-state index is 13.7. The minimum Gasteiger partial charge on any atom is -0.466 e. The first-order valence-electron chi connectivity index (χ1n) is 13.1. The number of nitriles is 1. The average molecular weight is 588 g/mol. The number of ether oxygens (including phenoxy) is 4. The first-order chi connectivity index (χ1) is 19.9. The second-order valence-corrected chi connectivity index (χ2v) is 9.39. The topological polar surface area (TPSA) is 124 Å². The highest BCUT2D eigenvalue weighted by molar-refractivity contribution is 6.01. The zero-order chi connectivity index (χ0) is 31.0. The van der Waals surface area contributed by atoms with Crippen LogP contribution in [0.3, 0.4) is 0 Å². The van der Waals surface area contributed by atoms with Crippen molar-refractivity contribution in [3.63, 3.8) is 0 Å². The number of nitrogens with zero attached hydrogens (tertiary/aromatic N) is 2. The maximum Gasteiger partial charge on any atom is 0.416 e. The fraction of sp³-hybridized carbons (Fsp3) is 0.367. The summed E-state index contributed by atoms with van der Waals surface area (Å²) in [5.74, 6) is -3.16. The fourth-order valence-electron chi connectivity index (χ4n) is 4.48. The van der Waals surface area contributed by atoms with Gasteiger partial charge in [0.05, 0.1) is 79.6 Å². The van der Waals surface area contributed by atoms with Crippen LogP contribution in [0, 0.1) is 11.3 Å². The summed E-state index contributed by atoms with van der Waals surface area (Å²) in [5.41, 5.74) is 6.06. The van der Waals surface area contributed by atoms with E-state index in [1.54, 1.807) is 19.1 Å². The normalized spacial score (nSPS) is 15.6. The number of alkyl halides is 3. The molecule has 1 aliphatic heterocycles. The van der Waals surface area contributed by atoms with E-state index in [0.29, 0.717) is 11.1 Å². The molecule has 42 heavy (non-hydrogen) atoms. The number of hydrogen-bond acceptors (Lipinski definition) is 9. The molecule has 0 amide bonds. The Kier molecular flexibility index (Phi) is 10.7. The van der Waals surface area contributed by atoms with Crippen molar-refractivity contribution in [3.05, 3.63) is 87.9 Å². The molecule has 0 saturated heterocycles. The van der Waals surface area contributed by atoms with Crippen molar-refractivity contribution >= 4 is 17.6 Å². The Hall–Kier alpha value is -4.34. The third-order valence-electron chi connectivity index (χ3n) is 6.30. The van der Waals surface area contributed by atoms with Crippen molar-refractivity contribution in [1.29, 1.82) is 5.26 Å². The largest absolute Gasteiger partial charge is 0.466 e. The SMILES string of the molecule is CCOC(=O)C1=C(N)N(c2cccc(C(F)(F)F)c2)C(COCCOC(C)C)=C(C(=O)OC)C1c1ccc(C#N)cc1. The molecule has 1 heterocycles. The standard InChI is InChI=1S/C30H32F3N3O6/c1-5-41-29(38)26-24(20-11-9-19(16-34)10-12-20)25(28(37)39-4)23(17-40-13-14-42-18(2)3)36(27(26)35)22-8-6-7-21(15-22)30(31,32)33/h6-12,15,18,24H,5,13-14,17,35H2,1-4H3. The summed E-state index contributed by atoms with van der Waals surface area (Å²) in [6, 6.07) is 12.4. The van der Waals surface area contributed by atoms with Gasteiger partial charge in [0.15, 0.2) is 0 Å². The van der Waals surface area contributed by atoms with E-state index in [1.165, 1.54) is 29.2 Å². The quantitative estimate of drug-likeness (QED) is 0.292. The summed E-state index contributed by atoms with van der Waals surface area (Å²) < 4.78 is 62.8. The van der Waals surface area contributed by atoms with Crippen molar-refractivity contribution < 1.29 is 41.7 Å². The summed E-state index contributed by atoms with van der Waals surface area (Å²) in [6.45, 7) is 5.23. The number of methoxy groups -OCH3 is 1. The second kappa shape index (κ2) is 14.0. The van der Waals surface area contributed by atoms with Crippen molar-refractivity contribution in [2.45, 2.75) is 39.0 Å². The molecule has 0 spiro atoms. The Labute approximate surface area is 241 Å². The number of carbonyl (C=O) groups is 2. The van der Waals surface area contributed by atoms with E-state index in [-0.39, 0.29) is 60.9 Å². The van der Waals surface area contributed by atoms with Gasteiger partial charge < -0.3 is 24.7 Å². The van der Waals surface area contributed by atoms with Crippen LogP contribution in [-0.4, -0.2) is 51.6 Å². The highest BCUT2D eigenvalue weighted by Crippen LogP contribution is 2.44. The van der Waals surface area contributed by atoms with Crippen LogP contribution in [0.5, 0.6) is 0 Å². The Morgan fingerprint density at radius 3 is 2.33 bits per heavy atom. The van der Waals surface area contributed by atoms with Crippen LogP contribution in [0.2, 0.25) is 0 Å². The van der Waals surface area contributed by atoms with Crippen LogP contribution in [0.25, 0.3) is 0 Å². The monoisotopic (exact) mass is 587 g/mol. The lowest BCUT2D eigenvalue weighted by molar-refractivity contribution is -0.139. The number of nitrogens with two attached hydrogens (primary N) is 1. The first-order valence-corrected chi connectivity index (χ1v) is 13.1. The summed E-state index contributed by atoms with van der Waals surface area (Å²) >= 11 is 0. The van der Waals surface area contributed by atoms with Crippen molar-refractivity contribution in [1.82, 2.24) is 0 Å². The lowest BCUT2D eigenvalue weighted by Crippen LogP contribution is -2.41. The van der Waals surface area contributed by atoms with E-state index in [1.807, 2.05) is 19.9 Å². The van der Waals surface area contributed by atoms with Gasteiger partial charge in [-0.05, 0) is 56.7 Å². The number of esters is 2. The molecule has 3 rings (SSSR count). The summed E-state index contributed by atoms with van der Waals surface area (Å²) in [7, 11) is 1.14. The fourth-order valence-corrected chi connectivity index (χ4v) is 4.48. The molecule has 12 heteroatoms. The van der Waals surface area contributed by atoms with Gasteiger partial charge >= 0.3 is 18.1 Å². The molecule has 2 aromatic carbocycles. The summed E-state index contributed by atoms with van der Waals surface area (Å²) in [6.07, 6.45) is -4.75. The number of carbonyl (C=O) groups excluding carboxylic acids is 2. The van der Waals surface area contributed by atoms with E-state index in [2.05, 4.69) is 0 Å². The highest BCUT2D eigenvalue weighted by Gasteiger charge is 2.43. The lowest BCUT2D eigenvalue weighted by Gasteiger charge is -2.38. The van der Waals surface area contributed by atoms with E-state index in [9.17, 15) is 28.0 Å². The molecule has 0 aromatic heterocycles. The molecule has 9 nitrogen and oxygen atoms in total. The number of benzene rings is 2. The molecule has 0 saturated carbocycles. The van der Waals surface area contributed by atoms with Gasteiger partial charge in [0.2, 0.25) is 0 Å². The Morgan fingerprint density at radius 2 is 1.76 bits per heavy atom. The van der Waals surface area contributed by atoms with Gasteiger partial charge in [-0.2, -0.15) is 18.4 Å². The minimum absolute atomic E-state index is 0.0393. The third-order valence-corrected chi connectivity index (χ3v) is 6.30. The molecule has 1 unspecified atom stereocenters. The molecular formula is C30H32F3N3O6. The van der Waals surface area contributed by atoms with Crippen molar-refractivity contribution in [2.75, 3.05) is 38.4 Å². The average Bonchev–Trinajstić information content (AvgIpc) is 2.95. The van der Waals surface area contributed by atoms with Crippen LogP contribution in [0.15, 0.2) is 71.2 Å². The number of hydrogen-bond donors (Lipinski definition) is 1. The van der Waals surface area contributed by atoms with Gasteiger partial charge in [0, 0.05) is 5.69 Å². The smallest absolute Gasteiger partial charge is 0.416 e. The minimum atomic E-state index is -4.68. The van der Waals surface area contributed by atoms with Crippen LogP contribution >= 0.6 is 0 Å². The molecule has 2 N–H and O–H groups in total. The summed E-state index contributed by atoms with van der Waals surface area (Å²) in [5, 5.41) is 9.28. The number of anilines is 1. The van der Waals surface area contributed by atoms with Crippen LogP contribution in [0.4, 0.5) is 18.9 Å². The highest BCUT2D eigenvalue weighted by atomic mass is 19.4. The molecule has 0 fully saturated rings. The van der Waals surface area contributed by atoms with Crippen LogP contribution < -0.4 is 10.6 Å². The maximum atomic E-state index is 13.7. The zero-order valence-electron chi connectivity index (χ0n) is 23.7. The number of halogens is 3. The first kappa shape index (κ1) is 32.2. The van der Waals surface area contributed by atoms with Gasteiger partial charge in [-0.1, -0.05) is 18.2 Å². The van der Waals surface area contributed by atoms with Gasteiger partial charge in [0.25, 0.3) is 0 Å². The van der Waals surface area contributed by atoms with Gasteiger partial charge in [0.1, 0.15) is 5.82 Å². The zero-order valence-corrected chi connectivity index (χ0v) is 23.7. The number of rotatable bonds is 11. The van der Waals surface area contributed by atoms with E-state index in [0.717, 1.165) is 19.2 Å². The predicted molar refractivity (Wildman–Crippen MR) is 147 cm³/mol. The predicted octanol–water partition coefficient (Wildman–Crippen LogP) is 4.78. The van der Waals surface area contributed by atoms with Gasteiger partial charge in [-0.25, -0.2) is 9.59 Å². The van der Waals surface area contributed by atoms with E-state index >= 15 is 0 Å². The van der Waals surface area contributed by atoms with E-state index in [4.69, 9.17) is 24.7 Å². The molecule has 224 valence electrons. The molecule has 1 aliphatic rings. The van der Waals surface area contributed by atoms with Crippen molar-refractivity contribution in [2.24, 2.45) is 5.73 Å². The Balaban J connectivity index is 2.32. The second-order valence-electron chi connectivity index (χ2n) is 9.39. The molecule has 0 bridgehead atoms. The molecule has 0 aliphatic carbocycles.